The molecule has 1 aromatic carbocycles. The van der Waals surface area contributed by atoms with Gasteiger partial charge in [0.15, 0.2) is 0 Å². The highest BCUT2D eigenvalue weighted by atomic mass is 32.2. The fourth-order valence-corrected chi connectivity index (χ4v) is 5.73. The van der Waals surface area contributed by atoms with E-state index in [1.807, 2.05) is 30.3 Å². The minimum Gasteiger partial charge on any atom is -0.469 e. The summed E-state index contributed by atoms with van der Waals surface area (Å²) in [5, 5.41) is -0.241. The van der Waals surface area contributed by atoms with Crippen molar-refractivity contribution < 1.29 is 23.3 Å². The Hall–Kier alpha value is -1.95. The van der Waals surface area contributed by atoms with Crippen molar-refractivity contribution in [1.82, 2.24) is 0 Å². The molecular formula is C26H38O5S. The van der Waals surface area contributed by atoms with E-state index < -0.39 is 10.8 Å². The second-order valence-corrected chi connectivity index (χ2v) is 10.0. The topological polar surface area (TPSA) is 69.7 Å². The van der Waals surface area contributed by atoms with Crippen LogP contribution < -0.4 is 0 Å². The van der Waals surface area contributed by atoms with E-state index in [0.717, 1.165) is 49.8 Å². The number of methoxy groups -OCH3 is 1. The van der Waals surface area contributed by atoms with Crippen LogP contribution in [0, 0.1) is 11.8 Å². The first-order chi connectivity index (χ1) is 15.6. The molecule has 1 aliphatic heterocycles. The molecule has 0 radical (unpaired) electrons. The maximum Gasteiger partial charge on any atom is 0.309 e. The lowest BCUT2D eigenvalue weighted by Crippen LogP contribution is -2.30. The average Bonchev–Trinajstić information content (AvgIpc) is 3.18. The van der Waals surface area contributed by atoms with E-state index in [9.17, 15) is 13.8 Å². The smallest absolute Gasteiger partial charge is 0.309 e. The minimum absolute atomic E-state index is 0.0824. The van der Waals surface area contributed by atoms with Crippen molar-refractivity contribution in [2.45, 2.75) is 81.3 Å². The lowest BCUT2D eigenvalue weighted by atomic mass is 9.87. The summed E-state index contributed by atoms with van der Waals surface area (Å²) in [6.07, 6.45) is 13.4. The second-order valence-electron chi connectivity index (χ2n) is 8.43. The summed E-state index contributed by atoms with van der Waals surface area (Å²) >= 11 is 0. The zero-order valence-electron chi connectivity index (χ0n) is 19.5. The molecule has 1 aromatic rings. The van der Waals surface area contributed by atoms with Crippen LogP contribution in [0.1, 0.15) is 71.1 Å². The van der Waals surface area contributed by atoms with Crippen LogP contribution in [0.2, 0.25) is 0 Å². The lowest BCUT2D eigenvalue weighted by Gasteiger charge is -2.23. The first-order valence-electron chi connectivity index (χ1n) is 11.9. The molecule has 0 spiro atoms. The number of rotatable bonds is 15. The van der Waals surface area contributed by atoms with E-state index >= 15 is 0 Å². The van der Waals surface area contributed by atoms with Gasteiger partial charge in [0, 0.05) is 17.2 Å². The van der Waals surface area contributed by atoms with Gasteiger partial charge in [-0.1, -0.05) is 69.4 Å². The average molecular weight is 463 g/mol. The number of esters is 2. The number of carbonyl (C=O) groups is 2. The Balaban J connectivity index is 2.01. The molecule has 0 saturated carbocycles. The molecule has 1 fully saturated rings. The number of benzene rings is 1. The molecule has 178 valence electrons. The van der Waals surface area contributed by atoms with E-state index in [1.54, 1.807) is 0 Å². The van der Waals surface area contributed by atoms with Crippen molar-refractivity contribution in [1.29, 1.82) is 0 Å². The summed E-state index contributed by atoms with van der Waals surface area (Å²) in [4.78, 5) is 24.5. The van der Waals surface area contributed by atoms with Gasteiger partial charge in [0.1, 0.15) is 0 Å². The van der Waals surface area contributed by atoms with Gasteiger partial charge in [0.05, 0.1) is 35.7 Å². The number of cyclic esters (lactones) is 1. The van der Waals surface area contributed by atoms with E-state index in [0.29, 0.717) is 13.0 Å². The maximum atomic E-state index is 13.5. The van der Waals surface area contributed by atoms with Crippen molar-refractivity contribution in [3.05, 3.63) is 42.5 Å². The highest BCUT2D eigenvalue weighted by molar-refractivity contribution is 7.85. The standard InChI is InChI=1S/C26H38O5S/c1-3-4-5-6-13-18-24(32(29)21-15-10-9-11-16-21)23-20-31-26(28)22(23)17-12-7-8-14-19-25(27)30-2/h9-11,13,15-16,18,22-24H,3-8,12,14,17,19-20H2,1-2H3/b18-13+. The van der Waals surface area contributed by atoms with Gasteiger partial charge < -0.3 is 9.47 Å². The molecule has 1 saturated heterocycles. The number of unbranched alkanes of at least 4 members (excludes halogenated alkanes) is 6. The largest absolute Gasteiger partial charge is 0.469 e. The maximum absolute atomic E-state index is 13.5. The summed E-state index contributed by atoms with van der Waals surface area (Å²) in [6, 6.07) is 9.50. The second kappa shape index (κ2) is 15.0. The molecule has 4 unspecified atom stereocenters. The predicted molar refractivity (Wildman–Crippen MR) is 128 cm³/mol. The Kier molecular flexibility index (Phi) is 12.3. The van der Waals surface area contributed by atoms with Crippen LogP contribution in [-0.2, 0) is 29.9 Å². The number of hydrogen-bond acceptors (Lipinski definition) is 5. The minimum atomic E-state index is -1.24. The Bertz CT molecular complexity index is 746. The molecule has 0 amide bonds. The Morgan fingerprint density at radius 1 is 1.16 bits per heavy atom. The van der Waals surface area contributed by atoms with Crippen LogP contribution in [0.25, 0.3) is 0 Å². The Morgan fingerprint density at radius 2 is 1.91 bits per heavy atom. The zero-order valence-corrected chi connectivity index (χ0v) is 20.3. The fourth-order valence-electron chi connectivity index (χ4n) is 4.15. The van der Waals surface area contributed by atoms with Crippen LogP contribution in [0.4, 0.5) is 0 Å². The molecule has 1 aliphatic rings. The lowest BCUT2D eigenvalue weighted by molar-refractivity contribution is -0.141. The molecule has 32 heavy (non-hydrogen) atoms. The summed E-state index contributed by atoms with van der Waals surface area (Å²) in [5.74, 6) is -0.657. The van der Waals surface area contributed by atoms with Crippen LogP contribution in [0.15, 0.2) is 47.4 Å². The van der Waals surface area contributed by atoms with Crippen molar-refractivity contribution in [3.63, 3.8) is 0 Å². The summed E-state index contributed by atoms with van der Waals surface area (Å²) in [5.41, 5.74) is 0. The number of ether oxygens (including phenoxy) is 2. The number of hydrogen-bond donors (Lipinski definition) is 0. The van der Waals surface area contributed by atoms with Crippen molar-refractivity contribution in [2.24, 2.45) is 11.8 Å². The molecule has 0 bridgehead atoms. The summed E-state index contributed by atoms with van der Waals surface area (Å²) < 4.78 is 23.6. The normalized spacial score (nSPS) is 20.2. The third-order valence-corrected chi connectivity index (χ3v) is 7.79. The molecule has 0 aromatic heterocycles. The summed E-state index contributed by atoms with van der Waals surface area (Å²) in [6.45, 7) is 2.51. The van der Waals surface area contributed by atoms with Crippen LogP contribution in [0.5, 0.6) is 0 Å². The first kappa shape index (κ1) is 26.3. The third kappa shape index (κ3) is 8.53. The molecule has 5 nitrogen and oxygen atoms in total. The van der Waals surface area contributed by atoms with Gasteiger partial charge in [-0.15, -0.1) is 0 Å². The highest BCUT2D eigenvalue weighted by Crippen LogP contribution is 2.34. The fraction of sp³-hybridized carbons (Fsp3) is 0.615. The Labute approximate surface area is 195 Å². The first-order valence-corrected chi connectivity index (χ1v) is 13.2. The number of allylic oxidation sites excluding steroid dienone is 1. The van der Waals surface area contributed by atoms with Gasteiger partial charge >= 0.3 is 11.9 Å². The van der Waals surface area contributed by atoms with E-state index in [1.165, 1.54) is 20.0 Å². The zero-order chi connectivity index (χ0) is 23.2. The van der Waals surface area contributed by atoms with Gasteiger partial charge in [-0.05, 0) is 37.8 Å². The quantitative estimate of drug-likeness (QED) is 0.193. The monoisotopic (exact) mass is 462 g/mol. The summed E-state index contributed by atoms with van der Waals surface area (Å²) in [7, 11) is 0.164. The molecule has 6 heteroatoms. The molecule has 0 aliphatic carbocycles. The van der Waals surface area contributed by atoms with Gasteiger partial charge in [-0.3, -0.25) is 13.8 Å². The van der Waals surface area contributed by atoms with Gasteiger partial charge in [0.2, 0.25) is 0 Å². The van der Waals surface area contributed by atoms with E-state index in [4.69, 9.17) is 4.74 Å². The number of carbonyl (C=O) groups excluding carboxylic acids is 2. The van der Waals surface area contributed by atoms with E-state index in [2.05, 4.69) is 23.8 Å². The predicted octanol–water partition coefficient (Wildman–Crippen LogP) is 5.60. The molecular weight excluding hydrogens is 424 g/mol. The van der Waals surface area contributed by atoms with Crippen molar-refractivity contribution in [2.75, 3.05) is 13.7 Å². The molecule has 4 atom stereocenters. The van der Waals surface area contributed by atoms with Crippen molar-refractivity contribution >= 4 is 22.7 Å². The SMILES string of the molecule is CCCCC/C=C/C(C1COC(=O)C1CCCCCCC(=O)OC)S(=O)c1ccccc1. The van der Waals surface area contributed by atoms with Crippen LogP contribution in [0.3, 0.4) is 0 Å². The van der Waals surface area contributed by atoms with Gasteiger partial charge in [-0.25, -0.2) is 0 Å². The van der Waals surface area contributed by atoms with Crippen LogP contribution >= 0.6 is 0 Å². The third-order valence-electron chi connectivity index (χ3n) is 6.06. The molecule has 0 N–H and O–H groups in total. The highest BCUT2D eigenvalue weighted by Gasteiger charge is 2.42. The molecule has 1 heterocycles. The van der Waals surface area contributed by atoms with E-state index in [-0.39, 0.29) is 29.0 Å². The Morgan fingerprint density at radius 3 is 2.62 bits per heavy atom. The van der Waals surface area contributed by atoms with Gasteiger partial charge in [0.25, 0.3) is 0 Å². The van der Waals surface area contributed by atoms with Gasteiger partial charge in [-0.2, -0.15) is 0 Å². The van der Waals surface area contributed by atoms with Crippen molar-refractivity contribution in [3.8, 4) is 0 Å². The van der Waals surface area contributed by atoms with Crippen LogP contribution in [-0.4, -0.2) is 35.1 Å². The molecule has 2 rings (SSSR count).